The number of carbonyl (C=O) groups excluding carboxylic acids is 3. The number of hydrogen-bond acceptors (Lipinski definition) is 7. The molecule has 0 aliphatic carbocycles. The molecule has 2 aromatic carbocycles. The number of benzene rings is 2. The van der Waals surface area contributed by atoms with Crippen molar-refractivity contribution in [3.8, 4) is 5.75 Å². The molecule has 3 aromatic rings. The fraction of sp³-hybridized carbons (Fsp3) is 0.267. The fourth-order valence-electron chi connectivity index (χ4n) is 4.24. The Hall–Kier alpha value is -4.46. The smallest absolute Gasteiger partial charge is 0.310 e. The summed E-state index contributed by atoms with van der Waals surface area (Å²) in [5.41, 5.74) is 2.16. The number of ketones is 1. The summed E-state index contributed by atoms with van der Waals surface area (Å²) in [6.45, 7) is 6.68. The van der Waals surface area contributed by atoms with E-state index in [2.05, 4.69) is 4.98 Å². The standard InChI is InChI=1S/C30H30N2O6/c1-4-37-25(33)17-20-5-9-23(10-6-20)32-27(21-13-15-31-16-14-21)26(29(35)30(32)36)28(34)22-7-11-24(12-8-22)38-18-19(2)3/h5-16,19,27,34H,4,17-18H2,1-3H3/b28-26-. The van der Waals surface area contributed by atoms with Crippen LogP contribution in [0.4, 0.5) is 5.69 Å². The molecule has 1 unspecified atom stereocenters. The molecule has 1 fully saturated rings. The highest BCUT2D eigenvalue weighted by atomic mass is 16.5. The Labute approximate surface area is 221 Å². The predicted octanol–water partition coefficient (Wildman–Crippen LogP) is 4.85. The van der Waals surface area contributed by atoms with Gasteiger partial charge in [0.05, 0.1) is 31.2 Å². The molecule has 1 aliphatic rings. The summed E-state index contributed by atoms with van der Waals surface area (Å²) in [6.07, 6.45) is 3.23. The third kappa shape index (κ3) is 5.75. The van der Waals surface area contributed by atoms with Gasteiger partial charge in [-0.3, -0.25) is 24.3 Å². The minimum atomic E-state index is -0.870. The number of aromatic nitrogens is 1. The molecule has 1 aromatic heterocycles. The van der Waals surface area contributed by atoms with E-state index in [0.717, 1.165) is 0 Å². The zero-order valence-corrected chi connectivity index (χ0v) is 21.6. The van der Waals surface area contributed by atoms with E-state index in [1.54, 1.807) is 80.0 Å². The number of esters is 1. The van der Waals surface area contributed by atoms with Gasteiger partial charge in [-0.2, -0.15) is 0 Å². The van der Waals surface area contributed by atoms with Crippen molar-refractivity contribution in [2.45, 2.75) is 33.2 Å². The number of Topliss-reactive ketones (excluding diaryl/α,β-unsaturated/α-hetero) is 1. The zero-order chi connectivity index (χ0) is 27.2. The van der Waals surface area contributed by atoms with E-state index in [1.807, 2.05) is 13.8 Å². The number of rotatable bonds is 9. The first-order valence-corrected chi connectivity index (χ1v) is 12.5. The molecule has 0 saturated carbocycles. The number of amides is 1. The van der Waals surface area contributed by atoms with Gasteiger partial charge in [-0.05, 0) is 72.5 Å². The monoisotopic (exact) mass is 514 g/mol. The maximum Gasteiger partial charge on any atom is 0.310 e. The molecule has 8 heteroatoms. The first-order valence-electron chi connectivity index (χ1n) is 12.5. The van der Waals surface area contributed by atoms with Crippen LogP contribution in [0, 0.1) is 5.92 Å². The summed E-state index contributed by atoms with van der Waals surface area (Å²) in [7, 11) is 0. The summed E-state index contributed by atoms with van der Waals surface area (Å²) in [4.78, 5) is 43.9. The van der Waals surface area contributed by atoms with E-state index >= 15 is 0 Å². The van der Waals surface area contributed by atoms with Crippen LogP contribution in [0.3, 0.4) is 0 Å². The molecular weight excluding hydrogens is 484 g/mol. The van der Waals surface area contributed by atoms with Crippen LogP contribution < -0.4 is 9.64 Å². The molecule has 1 aliphatic heterocycles. The van der Waals surface area contributed by atoms with Crippen molar-refractivity contribution >= 4 is 29.1 Å². The van der Waals surface area contributed by atoms with Crippen LogP contribution in [0.2, 0.25) is 0 Å². The second-order valence-electron chi connectivity index (χ2n) is 9.33. The lowest BCUT2D eigenvalue weighted by atomic mass is 9.95. The predicted molar refractivity (Wildman–Crippen MR) is 143 cm³/mol. The van der Waals surface area contributed by atoms with E-state index in [1.165, 1.54) is 4.90 Å². The maximum absolute atomic E-state index is 13.3. The van der Waals surface area contributed by atoms with Gasteiger partial charge in [0.25, 0.3) is 11.7 Å². The average Bonchev–Trinajstić information content (AvgIpc) is 3.18. The molecule has 0 spiro atoms. The SMILES string of the molecule is CCOC(=O)Cc1ccc(N2C(=O)C(=O)/C(=C(\O)c3ccc(OCC(C)C)cc3)C2c2ccncc2)cc1. The quantitative estimate of drug-likeness (QED) is 0.188. The van der Waals surface area contributed by atoms with Crippen molar-refractivity contribution < 1.29 is 29.0 Å². The summed E-state index contributed by atoms with van der Waals surface area (Å²) >= 11 is 0. The van der Waals surface area contributed by atoms with Gasteiger partial charge in [-0.25, -0.2) is 0 Å². The van der Waals surface area contributed by atoms with Gasteiger partial charge in [0.2, 0.25) is 0 Å². The van der Waals surface area contributed by atoms with Crippen LogP contribution in [0.1, 0.15) is 43.5 Å². The lowest BCUT2D eigenvalue weighted by molar-refractivity contribution is -0.142. The van der Waals surface area contributed by atoms with Crippen molar-refractivity contribution in [1.82, 2.24) is 4.98 Å². The third-order valence-corrected chi connectivity index (χ3v) is 6.05. The highest BCUT2D eigenvalue weighted by Crippen LogP contribution is 2.42. The van der Waals surface area contributed by atoms with Gasteiger partial charge < -0.3 is 14.6 Å². The zero-order valence-electron chi connectivity index (χ0n) is 21.6. The molecule has 4 rings (SSSR count). The lowest BCUT2D eigenvalue weighted by Gasteiger charge is -2.25. The second kappa shape index (κ2) is 11.7. The average molecular weight is 515 g/mol. The van der Waals surface area contributed by atoms with Gasteiger partial charge in [0.1, 0.15) is 11.5 Å². The van der Waals surface area contributed by atoms with Crippen LogP contribution in [0.5, 0.6) is 5.75 Å². The number of nitrogens with zero attached hydrogens (tertiary/aromatic N) is 2. The Morgan fingerprint density at radius 1 is 1.00 bits per heavy atom. The third-order valence-electron chi connectivity index (χ3n) is 6.05. The van der Waals surface area contributed by atoms with Crippen LogP contribution in [0.25, 0.3) is 5.76 Å². The highest BCUT2D eigenvalue weighted by Gasteiger charge is 2.47. The lowest BCUT2D eigenvalue weighted by Crippen LogP contribution is -2.29. The molecule has 1 amide bonds. The summed E-state index contributed by atoms with van der Waals surface area (Å²) in [5.74, 6) is -1.17. The summed E-state index contributed by atoms with van der Waals surface area (Å²) in [5, 5.41) is 11.3. The van der Waals surface area contributed by atoms with Crippen molar-refractivity contribution in [2.24, 2.45) is 5.92 Å². The number of aliphatic hydroxyl groups is 1. The molecular formula is C30H30N2O6. The second-order valence-corrected chi connectivity index (χ2v) is 9.33. The van der Waals surface area contributed by atoms with Crippen molar-refractivity contribution in [3.05, 3.63) is 95.3 Å². The van der Waals surface area contributed by atoms with E-state index in [-0.39, 0.29) is 23.7 Å². The summed E-state index contributed by atoms with van der Waals surface area (Å²) < 4.78 is 10.7. The number of aliphatic hydroxyl groups excluding tert-OH is 1. The van der Waals surface area contributed by atoms with E-state index in [0.29, 0.717) is 47.3 Å². The van der Waals surface area contributed by atoms with Crippen LogP contribution >= 0.6 is 0 Å². The van der Waals surface area contributed by atoms with Crippen LogP contribution in [-0.2, 0) is 25.5 Å². The molecule has 0 radical (unpaired) electrons. The van der Waals surface area contributed by atoms with Gasteiger partial charge in [0.15, 0.2) is 0 Å². The van der Waals surface area contributed by atoms with Crippen molar-refractivity contribution in [1.29, 1.82) is 0 Å². The molecule has 196 valence electrons. The van der Waals surface area contributed by atoms with E-state index < -0.39 is 17.7 Å². The first-order chi connectivity index (χ1) is 18.3. The number of anilines is 1. The normalized spacial score (nSPS) is 16.6. The molecule has 8 nitrogen and oxygen atoms in total. The molecule has 1 atom stereocenters. The Kier molecular flexibility index (Phi) is 8.21. The molecule has 2 heterocycles. The molecule has 0 bridgehead atoms. The van der Waals surface area contributed by atoms with Crippen molar-refractivity contribution in [2.75, 3.05) is 18.1 Å². The number of pyridine rings is 1. The van der Waals surface area contributed by atoms with Gasteiger partial charge >= 0.3 is 5.97 Å². The van der Waals surface area contributed by atoms with Gasteiger partial charge in [-0.15, -0.1) is 0 Å². The molecule has 38 heavy (non-hydrogen) atoms. The first kappa shape index (κ1) is 26.6. The van der Waals surface area contributed by atoms with Gasteiger partial charge in [-0.1, -0.05) is 26.0 Å². The van der Waals surface area contributed by atoms with Crippen LogP contribution in [0.15, 0.2) is 78.6 Å². The Morgan fingerprint density at radius 3 is 2.26 bits per heavy atom. The van der Waals surface area contributed by atoms with Gasteiger partial charge in [0, 0.05) is 23.6 Å². The summed E-state index contributed by atoms with van der Waals surface area (Å²) in [6, 6.07) is 16.1. The topological polar surface area (TPSA) is 106 Å². The highest BCUT2D eigenvalue weighted by molar-refractivity contribution is 6.51. The van der Waals surface area contributed by atoms with E-state index in [4.69, 9.17) is 9.47 Å². The molecule has 1 saturated heterocycles. The number of hydrogen-bond donors (Lipinski definition) is 1. The molecule has 1 N–H and O–H groups in total. The van der Waals surface area contributed by atoms with E-state index in [9.17, 15) is 19.5 Å². The van der Waals surface area contributed by atoms with Crippen molar-refractivity contribution in [3.63, 3.8) is 0 Å². The van der Waals surface area contributed by atoms with Crippen LogP contribution in [-0.4, -0.2) is 41.0 Å². The Balaban J connectivity index is 1.72. The minimum Gasteiger partial charge on any atom is -0.507 e. The number of ether oxygens (including phenoxy) is 2. The number of carbonyl (C=O) groups is 3. The minimum absolute atomic E-state index is 0.0207. The Morgan fingerprint density at radius 2 is 1.66 bits per heavy atom. The largest absolute Gasteiger partial charge is 0.507 e. The maximum atomic E-state index is 13.3. The fourth-order valence-corrected chi connectivity index (χ4v) is 4.24. The Bertz CT molecular complexity index is 1330.